The lowest BCUT2D eigenvalue weighted by Gasteiger charge is -2.24. The third-order valence-electron chi connectivity index (χ3n) is 2.83. The third-order valence-corrected chi connectivity index (χ3v) is 4.44. The van der Waals surface area contributed by atoms with Gasteiger partial charge in [0.05, 0.1) is 0 Å². The van der Waals surface area contributed by atoms with Gasteiger partial charge in [-0.3, -0.25) is 0 Å². The highest BCUT2D eigenvalue weighted by Crippen LogP contribution is 2.24. The highest BCUT2D eigenvalue weighted by molar-refractivity contribution is 7.87. The molecule has 1 aliphatic heterocycles. The Hall–Kier alpha value is -0.380. The molecule has 0 aromatic carbocycles. The number of nitrogens with one attached hydrogen (secondary N) is 1. The van der Waals surface area contributed by atoms with Crippen LogP contribution in [0.25, 0.3) is 0 Å². The van der Waals surface area contributed by atoms with Gasteiger partial charge >= 0.3 is 6.18 Å². The van der Waals surface area contributed by atoms with Crippen LogP contribution in [-0.2, 0) is 10.2 Å². The third kappa shape index (κ3) is 4.71. The molecule has 0 aliphatic carbocycles. The van der Waals surface area contributed by atoms with Crippen LogP contribution in [0.3, 0.4) is 0 Å². The Kier molecular flexibility index (Phi) is 5.38. The van der Waals surface area contributed by atoms with Crippen molar-refractivity contribution in [3.8, 4) is 0 Å². The second kappa shape index (κ2) is 6.18. The van der Waals surface area contributed by atoms with Gasteiger partial charge in [0.25, 0.3) is 10.2 Å². The molecule has 1 atom stereocenters. The fourth-order valence-corrected chi connectivity index (χ4v) is 3.51. The van der Waals surface area contributed by atoms with Crippen molar-refractivity contribution in [3.05, 3.63) is 0 Å². The van der Waals surface area contributed by atoms with E-state index in [1.54, 1.807) is 4.72 Å². The first-order chi connectivity index (χ1) is 8.26. The van der Waals surface area contributed by atoms with E-state index in [0.29, 0.717) is 32.2 Å². The monoisotopic (exact) mass is 289 g/mol. The number of hydrogen-bond donors (Lipinski definition) is 2. The molecule has 1 aliphatic rings. The molecule has 18 heavy (non-hydrogen) atoms. The summed E-state index contributed by atoms with van der Waals surface area (Å²) < 4.78 is 62.2. The summed E-state index contributed by atoms with van der Waals surface area (Å²) >= 11 is 0. The van der Waals surface area contributed by atoms with Crippen LogP contribution >= 0.6 is 0 Å². The molecule has 1 rings (SSSR count). The summed E-state index contributed by atoms with van der Waals surface area (Å²) in [6, 6.07) is -0.237. The Morgan fingerprint density at radius 3 is 2.61 bits per heavy atom. The molecule has 0 saturated carbocycles. The number of rotatable bonds is 6. The Labute approximate surface area is 105 Å². The van der Waals surface area contributed by atoms with Gasteiger partial charge < -0.3 is 5.73 Å². The summed E-state index contributed by atoms with van der Waals surface area (Å²) in [6.07, 6.45) is -1.95. The normalized spacial score (nSPS) is 22.6. The molecular formula is C9H18F3N3O2S. The zero-order valence-electron chi connectivity index (χ0n) is 9.91. The van der Waals surface area contributed by atoms with Gasteiger partial charge in [0, 0.05) is 12.6 Å². The molecule has 1 fully saturated rings. The lowest BCUT2D eigenvalue weighted by atomic mass is 10.1. The number of halogens is 3. The lowest BCUT2D eigenvalue weighted by molar-refractivity contribution is -0.121. The molecule has 0 radical (unpaired) electrons. The number of nitrogens with zero attached hydrogens (tertiary/aromatic N) is 1. The van der Waals surface area contributed by atoms with Gasteiger partial charge in [-0.1, -0.05) is 0 Å². The molecule has 1 saturated heterocycles. The molecule has 1 unspecified atom stereocenters. The first-order valence-corrected chi connectivity index (χ1v) is 7.23. The van der Waals surface area contributed by atoms with E-state index in [4.69, 9.17) is 5.73 Å². The average molecular weight is 289 g/mol. The highest BCUT2D eigenvalue weighted by Gasteiger charge is 2.36. The Morgan fingerprint density at radius 2 is 2.06 bits per heavy atom. The van der Waals surface area contributed by atoms with Gasteiger partial charge in [0.15, 0.2) is 0 Å². The SMILES string of the molecule is NCCCC1CCCN1S(=O)(=O)NCC(F)(F)F. The number of nitrogens with two attached hydrogens (primary N) is 1. The zero-order chi connectivity index (χ0) is 13.8. The van der Waals surface area contributed by atoms with E-state index in [1.165, 1.54) is 0 Å². The molecule has 9 heteroatoms. The first-order valence-electron chi connectivity index (χ1n) is 5.79. The van der Waals surface area contributed by atoms with Crippen molar-refractivity contribution in [2.75, 3.05) is 19.6 Å². The van der Waals surface area contributed by atoms with Gasteiger partial charge in [-0.05, 0) is 32.2 Å². The molecule has 3 N–H and O–H groups in total. The summed E-state index contributed by atoms with van der Waals surface area (Å²) in [5, 5.41) is 0. The Bertz CT molecular complexity index is 359. The van der Waals surface area contributed by atoms with Crippen molar-refractivity contribution in [1.82, 2.24) is 9.03 Å². The van der Waals surface area contributed by atoms with Crippen LogP contribution < -0.4 is 10.5 Å². The van der Waals surface area contributed by atoms with Gasteiger partial charge in [0.1, 0.15) is 6.54 Å². The van der Waals surface area contributed by atoms with Crippen LogP contribution in [0.1, 0.15) is 25.7 Å². The van der Waals surface area contributed by atoms with Crippen molar-refractivity contribution in [2.24, 2.45) is 5.73 Å². The van der Waals surface area contributed by atoms with Crippen molar-refractivity contribution in [3.63, 3.8) is 0 Å². The summed E-state index contributed by atoms with van der Waals surface area (Å²) in [7, 11) is -4.05. The maximum atomic E-state index is 12.0. The summed E-state index contributed by atoms with van der Waals surface area (Å²) in [4.78, 5) is 0. The van der Waals surface area contributed by atoms with E-state index in [-0.39, 0.29) is 12.6 Å². The van der Waals surface area contributed by atoms with Gasteiger partial charge in [-0.15, -0.1) is 0 Å². The van der Waals surface area contributed by atoms with E-state index in [1.807, 2.05) is 0 Å². The maximum Gasteiger partial charge on any atom is 0.402 e. The summed E-state index contributed by atoms with van der Waals surface area (Å²) in [6.45, 7) is -0.821. The number of hydrogen-bond acceptors (Lipinski definition) is 3. The van der Waals surface area contributed by atoms with Crippen molar-refractivity contribution < 1.29 is 21.6 Å². The average Bonchev–Trinajstić information content (AvgIpc) is 2.72. The smallest absolute Gasteiger partial charge is 0.330 e. The topological polar surface area (TPSA) is 75.4 Å². The predicted octanol–water partition coefficient (Wildman–Crippen LogP) is 0.586. The quantitative estimate of drug-likeness (QED) is 0.751. The van der Waals surface area contributed by atoms with E-state index in [9.17, 15) is 21.6 Å². The molecule has 0 aromatic heterocycles. The summed E-state index contributed by atoms with van der Waals surface area (Å²) in [5.41, 5.74) is 5.34. The Morgan fingerprint density at radius 1 is 1.39 bits per heavy atom. The largest absolute Gasteiger partial charge is 0.402 e. The van der Waals surface area contributed by atoms with Crippen LogP contribution in [0, 0.1) is 0 Å². The van der Waals surface area contributed by atoms with E-state index >= 15 is 0 Å². The standard InChI is InChI=1S/C9H18F3N3O2S/c10-9(11,12)7-14-18(16,17)15-6-2-4-8(15)3-1-5-13/h8,14H,1-7,13H2. The molecule has 0 bridgehead atoms. The number of alkyl halides is 3. The fourth-order valence-electron chi connectivity index (χ4n) is 2.02. The summed E-state index contributed by atoms with van der Waals surface area (Å²) in [5.74, 6) is 0. The second-order valence-electron chi connectivity index (χ2n) is 4.28. The van der Waals surface area contributed by atoms with Crippen molar-refractivity contribution in [2.45, 2.75) is 37.9 Å². The molecular weight excluding hydrogens is 271 g/mol. The molecule has 0 spiro atoms. The molecule has 0 amide bonds. The fraction of sp³-hybridized carbons (Fsp3) is 1.00. The van der Waals surface area contributed by atoms with Crippen molar-refractivity contribution >= 4 is 10.2 Å². The predicted molar refractivity (Wildman–Crippen MR) is 61.0 cm³/mol. The minimum atomic E-state index is -4.54. The molecule has 1 heterocycles. The zero-order valence-corrected chi connectivity index (χ0v) is 10.7. The van der Waals surface area contributed by atoms with Gasteiger partial charge in [-0.25, -0.2) is 0 Å². The highest BCUT2D eigenvalue weighted by atomic mass is 32.2. The van der Waals surface area contributed by atoms with Crippen LogP contribution in [0.2, 0.25) is 0 Å². The van der Waals surface area contributed by atoms with Gasteiger partial charge in [-0.2, -0.15) is 30.6 Å². The maximum absolute atomic E-state index is 12.0. The van der Waals surface area contributed by atoms with Crippen LogP contribution in [-0.4, -0.2) is 44.6 Å². The minimum absolute atomic E-state index is 0.237. The van der Waals surface area contributed by atoms with E-state index in [2.05, 4.69) is 0 Å². The van der Waals surface area contributed by atoms with E-state index in [0.717, 1.165) is 4.31 Å². The van der Waals surface area contributed by atoms with Crippen LogP contribution in [0.5, 0.6) is 0 Å². The molecule has 108 valence electrons. The van der Waals surface area contributed by atoms with Crippen LogP contribution in [0.4, 0.5) is 13.2 Å². The van der Waals surface area contributed by atoms with E-state index < -0.39 is 22.9 Å². The molecule has 5 nitrogen and oxygen atoms in total. The lowest BCUT2D eigenvalue weighted by Crippen LogP contribution is -2.46. The van der Waals surface area contributed by atoms with Gasteiger partial charge in [0.2, 0.25) is 0 Å². The van der Waals surface area contributed by atoms with Crippen LogP contribution in [0.15, 0.2) is 0 Å². The Balaban J connectivity index is 2.60. The minimum Gasteiger partial charge on any atom is -0.330 e. The first kappa shape index (κ1) is 15.7. The second-order valence-corrected chi connectivity index (χ2v) is 5.99. The van der Waals surface area contributed by atoms with Crippen molar-refractivity contribution in [1.29, 1.82) is 0 Å². The molecule has 0 aromatic rings.